The topological polar surface area (TPSA) is 17.8 Å². The normalized spacial score (nSPS) is 18.3. The number of rotatable bonds is 1. The first kappa shape index (κ1) is 19.8. The second-order valence-electron chi connectivity index (χ2n) is 9.49. The zero-order chi connectivity index (χ0) is 23.4. The molecule has 36 heavy (non-hydrogen) atoms. The Labute approximate surface area is 219 Å². The number of para-hydroxylation sites is 1. The van der Waals surface area contributed by atoms with Gasteiger partial charge >= 0.3 is 0 Å². The van der Waals surface area contributed by atoms with Crippen molar-refractivity contribution < 1.29 is 0 Å². The molecular weight excluding hydrogens is 497 g/mol. The number of hydrogen-bond donors (Lipinski definition) is 0. The van der Waals surface area contributed by atoms with E-state index in [1.807, 2.05) is 34.4 Å². The van der Waals surface area contributed by atoms with Crippen LogP contribution in [0.15, 0.2) is 95.9 Å². The molecule has 0 spiro atoms. The van der Waals surface area contributed by atoms with Crippen molar-refractivity contribution in [1.82, 2.24) is 9.55 Å². The van der Waals surface area contributed by atoms with Crippen LogP contribution in [-0.4, -0.2) is 14.8 Å². The fraction of sp³-hybridized carbons (Fsp3) is 0.0645. The van der Waals surface area contributed by atoms with Crippen molar-refractivity contribution in [3.8, 4) is 5.13 Å². The maximum absolute atomic E-state index is 5.24. The third-order valence-electron chi connectivity index (χ3n) is 7.61. The Morgan fingerprint density at radius 3 is 2.53 bits per heavy atom. The summed E-state index contributed by atoms with van der Waals surface area (Å²) in [6.45, 7) is 0. The Morgan fingerprint density at radius 2 is 1.56 bits per heavy atom. The molecule has 4 aromatic carbocycles. The van der Waals surface area contributed by atoms with Crippen molar-refractivity contribution in [1.29, 1.82) is 0 Å². The summed E-state index contributed by atoms with van der Waals surface area (Å²) in [5.41, 5.74) is 5.04. The van der Waals surface area contributed by atoms with Crippen LogP contribution in [0.25, 0.3) is 53.2 Å². The summed E-state index contributed by atoms with van der Waals surface area (Å²) in [4.78, 5) is 8.04. The Balaban J connectivity index is 1.34. The largest absolute Gasteiger partial charge is 0.285 e. The predicted molar refractivity (Wildman–Crippen MR) is 156 cm³/mol. The summed E-state index contributed by atoms with van der Waals surface area (Å²) in [5.74, 6) is 0.389. The van der Waals surface area contributed by atoms with Crippen molar-refractivity contribution in [2.24, 2.45) is 0 Å². The molecule has 1 aliphatic carbocycles. The summed E-state index contributed by atoms with van der Waals surface area (Å²) in [7, 11) is 0. The minimum atomic E-state index is 0.389. The monoisotopic (exact) mass is 514 g/mol. The van der Waals surface area contributed by atoms with Gasteiger partial charge in [0.15, 0.2) is 5.13 Å². The van der Waals surface area contributed by atoms with Gasteiger partial charge in [0, 0.05) is 51.9 Å². The van der Waals surface area contributed by atoms with Crippen LogP contribution < -0.4 is 0 Å². The van der Waals surface area contributed by atoms with E-state index in [9.17, 15) is 0 Å². The van der Waals surface area contributed by atoms with Gasteiger partial charge in [-0.2, -0.15) is 0 Å². The molecule has 0 radical (unpaired) electrons. The van der Waals surface area contributed by atoms with E-state index in [0.29, 0.717) is 11.2 Å². The molecule has 170 valence electrons. The van der Waals surface area contributed by atoms with Gasteiger partial charge in [0.25, 0.3) is 0 Å². The van der Waals surface area contributed by atoms with Crippen LogP contribution in [0.3, 0.4) is 0 Å². The van der Waals surface area contributed by atoms with Gasteiger partial charge in [0.05, 0.1) is 16.7 Å². The van der Waals surface area contributed by atoms with Crippen LogP contribution in [0.5, 0.6) is 0 Å². The van der Waals surface area contributed by atoms with Crippen LogP contribution in [-0.2, 0) is 0 Å². The fourth-order valence-corrected chi connectivity index (χ4v) is 10.0. The molecule has 0 N–H and O–H groups in total. The van der Waals surface area contributed by atoms with Gasteiger partial charge < -0.3 is 0 Å². The Bertz CT molecular complexity index is 2060. The molecule has 5 heteroatoms. The smallest absolute Gasteiger partial charge is 0.195 e. The van der Waals surface area contributed by atoms with Crippen LogP contribution in [0.4, 0.5) is 0 Å². The molecule has 0 amide bonds. The Kier molecular flexibility index (Phi) is 3.90. The standard InChI is InChI=1S/C31H18N2S3/c1-4-10-22-19(8-1)27-23(15-13-18-17-7-2-5-11-24(17)35-29(18)27)33(22)31-32-21-14-16-26-28(30(21)36-31)20-9-3-6-12-25(20)34-26/h1-16,26,28H. The molecular formula is C31H18N2S3. The minimum absolute atomic E-state index is 0.389. The predicted octanol–water partition coefficient (Wildman–Crippen LogP) is 9.24. The third-order valence-corrected chi connectivity index (χ3v) is 11.3. The van der Waals surface area contributed by atoms with Crippen molar-refractivity contribution in [3.63, 3.8) is 0 Å². The van der Waals surface area contributed by atoms with E-state index < -0.39 is 0 Å². The molecule has 0 bridgehead atoms. The van der Waals surface area contributed by atoms with Crippen LogP contribution >= 0.6 is 34.4 Å². The van der Waals surface area contributed by atoms with Gasteiger partial charge in [0.2, 0.25) is 0 Å². The first-order chi connectivity index (χ1) is 17.8. The Hall–Kier alpha value is -3.38. The summed E-state index contributed by atoms with van der Waals surface area (Å²) in [6, 6.07) is 31.1. The number of thioether (sulfide) groups is 1. The fourth-order valence-electron chi connectivity index (χ4n) is 6.07. The highest BCUT2D eigenvalue weighted by molar-refractivity contribution is 8.00. The number of fused-ring (bicyclic) bond motifs is 12. The SMILES string of the molecule is C1=CC2Sc3ccccc3C2c2sc(-n3c4ccccc4c4c5sc6ccccc6c5ccc43)nc21. The lowest BCUT2D eigenvalue weighted by atomic mass is 9.90. The van der Waals surface area contributed by atoms with Gasteiger partial charge in [-0.05, 0) is 35.9 Å². The van der Waals surface area contributed by atoms with Crippen LogP contribution in [0.2, 0.25) is 0 Å². The lowest BCUT2D eigenvalue weighted by Gasteiger charge is -2.19. The molecule has 2 unspecified atom stereocenters. The van der Waals surface area contributed by atoms with E-state index in [1.54, 1.807) is 0 Å². The first-order valence-electron chi connectivity index (χ1n) is 12.1. The molecule has 2 nitrogen and oxygen atoms in total. The Morgan fingerprint density at radius 1 is 0.722 bits per heavy atom. The molecule has 2 aliphatic rings. The van der Waals surface area contributed by atoms with Crippen molar-refractivity contribution >= 4 is 82.5 Å². The maximum Gasteiger partial charge on any atom is 0.195 e. The zero-order valence-corrected chi connectivity index (χ0v) is 21.5. The molecule has 4 heterocycles. The lowest BCUT2D eigenvalue weighted by Crippen LogP contribution is -2.12. The van der Waals surface area contributed by atoms with E-state index in [-0.39, 0.29) is 0 Å². The number of aromatic nitrogens is 2. The number of benzene rings is 4. The van der Waals surface area contributed by atoms with Crippen molar-refractivity contribution in [3.05, 3.63) is 107 Å². The number of thiophene rings is 1. The van der Waals surface area contributed by atoms with E-state index in [2.05, 4.69) is 102 Å². The summed E-state index contributed by atoms with van der Waals surface area (Å²) >= 11 is 5.75. The van der Waals surface area contributed by atoms with Gasteiger partial charge in [-0.25, -0.2) is 4.98 Å². The van der Waals surface area contributed by atoms with E-state index >= 15 is 0 Å². The third kappa shape index (κ3) is 2.50. The average molecular weight is 515 g/mol. The first-order valence-corrected chi connectivity index (χ1v) is 14.6. The molecule has 9 rings (SSSR count). The van der Waals surface area contributed by atoms with E-state index in [0.717, 1.165) is 10.8 Å². The summed E-state index contributed by atoms with van der Waals surface area (Å²) < 4.78 is 5.11. The van der Waals surface area contributed by atoms with Gasteiger partial charge in [-0.15, -0.1) is 23.1 Å². The second kappa shape index (κ2) is 7.10. The van der Waals surface area contributed by atoms with Gasteiger partial charge in [-0.1, -0.05) is 78.1 Å². The van der Waals surface area contributed by atoms with Crippen LogP contribution in [0.1, 0.15) is 22.1 Å². The van der Waals surface area contributed by atoms with Crippen LogP contribution in [0, 0.1) is 0 Å². The summed E-state index contributed by atoms with van der Waals surface area (Å²) in [6.07, 6.45) is 4.60. The lowest BCUT2D eigenvalue weighted by molar-refractivity contribution is 0.858. The highest BCUT2D eigenvalue weighted by Gasteiger charge is 2.38. The molecule has 3 aromatic heterocycles. The molecule has 7 aromatic rings. The quantitative estimate of drug-likeness (QED) is 0.217. The zero-order valence-electron chi connectivity index (χ0n) is 19.0. The van der Waals surface area contributed by atoms with Crippen molar-refractivity contribution in [2.45, 2.75) is 16.1 Å². The van der Waals surface area contributed by atoms with Gasteiger partial charge in [0.1, 0.15) is 0 Å². The molecule has 1 aliphatic heterocycles. The highest BCUT2D eigenvalue weighted by Crippen LogP contribution is 2.54. The molecule has 2 atom stereocenters. The average Bonchev–Trinajstić information content (AvgIpc) is 3.67. The highest BCUT2D eigenvalue weighted by atomic mass is 32.2. The van der Waals surface area contributed by atoms with E-state index in [1.165, 1.54) is 57.3 Å². The molecule has 0 saturated heterocycles. The van der Waals surface area contributed by atoms with Gasteiger partial charge in [-0.3, -0.25) is 4.57 Å². The number of thiazole rings is 1. The van der Waals surface area contributed by atoms with E-state index in [4.69, 9.17) is 4.98 Å². The molecule has 0 fully saturated rings. The summed E-state index contributed by atoms with van der Waals surface area (Å²) in [5, 5.41) is 6.84. The number of hydrogen-bond acceptors (Lipinski definition) is 4. The second-order valence-corrected chi connectivity index (χ2v) is 12.8. The molecule has 0 saturated carbocycles. The number of nitrogens with zero attached hydrogens (tertiary/aromatic N) is 2. The van der Waals surface area contributed by atoms with Crippen molar-refractivity contribution in [2.75, 3.05) is 0 Å². The maximum atomic E-state index is 5.24. The minimum Gasteiger partial charge on any atom is -0.285 e.